The van der Waals surface area contributed by atoms with Gasteiger partial charge in [-0.25, -0.2) is 4.68 Å². The van der Waals surface area contributed by atoms with Crippen LogP contribution in [0, 0.1) is 0 Å². The summed E-state index contributed by atoms with van der Waals surface area (Å²) in [6.07, 6.45) is 3.59. The summed E-state index contributed by atoms with van der Waals surface area (Å²) in [5.41, 5.74) is 1.21. The summed E-state index contributed by atoms with van der Waals surface area (Å²) in [6.45, 7) is 3.15. The van der Waals surface area contributed by atoms with E-state index in [9.17, 15) is 9.59 Å². The third-order valence-corrected chi connectivity index (χ3v) is 5.37. The van der Waals surface area contributed by atoms with Crippen LogP contribution < -0.4 is 5.32 Å². The fourth-order valence-electron chi connectivity index (χ4n) is 3.76. The maximum atomic E-state index is 12.9. The molecule has 27 heavy (non-hydrogen) atoms. The Bertz CT molecular complexity index is 852. The van der Waals surface area contributed by atoms with Gasteiger partial charge in [-0.15, -0.1) is 0 Å². The van der Waals surface area contributed by atoms with Crippen LogP contribution in [-0.2, 0) is 4.79 Å². The van der Waals surface area contributed by atoms with Crippen molar-refractivity contribution >= 4 is 23.4 Å². The van der Waals surface area contributed by atoms with E-state index in [0.29, 0.717) is 36.9 Å². The highest BCUT2D eigenvalue weighted by molar-refractivity contribution is 6.30. The van der Waals surface area contributed by atoms with E-state index < -0.39 is 0 Å². The number of rotatable bonds is 3. The Kier molecular flexibility index (Phi) is 5.13. The summed E-state index contributed by atoms with van der Waals surface area (Å²) in [6, 6.07) is 9.15. The van der Waals surface area contributed by atoms with Crippen LogP contribution in [0.1, 0.15) is 23.3 Å². The molecular formula is C19H22ClN5O2. The number of halogens is 1. The molecule has 4 rings (SSSR count). The summed E-state index contributed by atoms with van der Waals surface area (Å²) >= 11 is 6.03. The normalized spacial score (nSPS) is 20.8. The number of aromatic nitrogens is 2. The second-order valence-corrected chi connectivity index (χ2v) is 7.37. The molecule has 3 heterocycles. The smallest absolute Gasteiger partial charge is 0.274 e. The predicted molar refractivity (Wildman–Crippen MR) is 102 cm³/mol. The van der Waals surface area contributed by atoms with Gasteiger partial charge in [0, 0.05) is 43.4 Å². The first-order valence-electron chi connectivity index (χ1n) is 9.23. The zero-order valence-electron chi connectivity index (χ0n) is 15.0. The van der Waals surface area contributed by atoms with Crippen LogP contribution >= 0.6 is 11.6 Å². The molecule has 0 bridgehead atoms. The molecule has 2 saturated heterocycles. The van der Waals surface area contributed by atoms with E-state index >= 15 is 0 Å². The van der Waals surface area contributed by atoms with Gasteiger partial charge in [0.15, 0.2) is 5.69 Å². The molecule has 2 aliphatic heterocycles. The van der Waals surface area contributed by atoms with Gasteiger partial charge in [0.1, 0.15) is 0 Å². The summed E-state index contributed by atoms with van der Waals surface area (Å²) in [7, 11) is 0. The van der Waals surface area contributed by atoms with Crippen LogP contribution in [0.5, 0.6) is 0 Å². The summed E-state index contributed by atoms with van der Waals surface area (Å²) in [4.78, 5) is 28.8. The second kappa shape index (κ2) is 7.70. The molecule has 1 aromatic heterocycles. The van der Waals surface area contributed by atoms with Gasteiger partial charge in [-0.3, -0.25) is 9.59 Å². The number of piperazine rings is 1. The third kappa shape index (κ3) is 3.84. The molecular weight excluding hydrogens is 366 g/mol. The standard InChI is InChI=1S/C19H22ClN5O2/c20-14-3-1-4-15(11-14)25-9-6-17(22-25)19(27)23-8-2-5-16(13-23)24-10-7-21-12-18(24)26/h1,3-4,6,9,11,16,21H,2,5,7-8,10,12-13H2. The van der Waals surface area contributed by atoms with Crippen molar-refractivity contribution in [1.82, 2.24) is 24.9 Å². The quantitative estimate of drug-likeness (QED) is 0.867. The van der Waals surface area contributed by atoms with E-state index in [0.717, 1.165) is 25.1 Å². The van der Waals surface area contributed by atoms with Crippen molar-refractivity contribution in [3.05, 3.63) is 47.2 Å². The molecule has 1 atom stereocenters. The van der Waals surface area contributed by atoms with Gasteiger partial charge in [-0.2, -0.15) is 5.10 Å². The van der Waals surface area contributed by atoms with Crippen LogP contribution in [0.15, 0.2) is 36.5 Å². The number of carbonyl (C=O) groups excluding carboxylic acids is 2. The minimum absolute atomic E-state index is 0.0901. The average molecular weight is 388 g/mol. The molecule has 1 aromatic carbocycles. The van der Waals surface area contributed by atoms with E-state index in [1.54, 1.807) is 29.1 Å². The Morgan fingerprint density at radius 2 is 2.15 bits per heavy atom. The minimum Gasteiger partial charge on any atom is -0.336 e. The molecule has 1 N–H and O–H groups in total. The van der Waals surface area contributed by atoms with E-state index in [-0.39, 0.29) is 17.9 Å². The molecule has 2 amide bonds. The molecule has 1 unspecified atom stereocenters. The van der Waals surface area contributed by atoms with Crippen LogP contribution in [-0.4, -0.2) is 70.2 Å². The number of hydrogen-bond donors (Lipinski definition) is 1. The maximum Gasteiger partial charge on any atom is 0.274 e. The van der Waals surface area contributed by atoms with Crippen molar-refractivity contribution in [3.63, 3.8) is 0 Å². The van der Waals surface area contributed by atoms with E-state index in [1.807, 2.05) is 21.9 Å². The van der Waals surface area contributed by atoms with E-state index in [4.69, 9.17) is 11.6 Å². The molecule has 0 spiro atoms. The van der Waals surface area contributed by atoms with Gasteiger partial charge in [0.05, 0.1) is 12.2 Å². The second-order valence-electron chi connectivity index (χ2n) is 6.94. The van der Waals surface area contributed by atoms with Crippen molar-refractivity contribution in [3.8, 4) is 5.69 Å². The summed E-state index contributed by atoms with van der Waals surface area (Å²) in [5, 5.41) is 8.14. The molecule has 0 saturated carbocycles. The molecule has 0 aliphatic carbocycles. The van der Waals surface area contributed by atoms with Crippen LogP contribution in [0.3, 0.4) is 0 Å². The lowest BCUT2D eigenvalue weighted by atomic mass is 10.0. The maximum absolute atomic E-state index is 12.9. The van der Waals surface area contributed by atoms with Crippen molar-refractivity contribution < 1.29 is 9.59 Å². The first-order valence-corrected chi connectivity index (χ1v) is 9.61. The highest BCUT2D eigenvalue weighted by Crippen LogP contribution is 2.19. The molecule has 8 heteroatoms. The first-order chi connectivity index (χ1) is 13.1. The molecule has 142 valence electrons. The van der Waals surface area contributed by atoms with Crippen molar-refractivity contribution in [2.75, 3.05) is 32.7 Å². The van der Waals surface area contributed by atoms with E-state index in [1.165, 1.54) is 0 Å². The molecule has 2 aromatic rings. The Morgan fingerprint density at radius 1 is 1.26 bits per heavy atom. The molecule has 0 radical (unpaired) electrons. The Hall–Kier alpha value is -2.38. The number of hydrogen-bond acceptors (Lipinski definition) is 4. The van der Waals surface area contributed by atoms with Crippen molar-refractivity contribution in [2.24, 2.45) is 0 Å². The molecule has 2 aliphatic rings. The zero-order valence-corrected chi connectivity index (χ0v) is 15.7. The highest BCUT2D eigenvalue weighted by Gasteiger charge is 2.32. The van der Waals surface area contributed by atoms with E-state index in [2.05, 4.69) is 10.4 Å². The Balaban J connectivity index is 1.47. The predicted octanol–water partition coefficient (Wildman–Crippen LogP) is 1.56. The monoisotopic (exact) mass is 387 g/mol. The molecule has 2 fully saturated rings. The third-order valence-electron chi connectivity index (χ3n) is 5.13. The summed E-state index contributed by atoms with van der Waals surface area (Å²) in [5.74, 6) is 0.0221. The number of benzene rings is 1. The number of piperidine rings is 1. The van der Waals surface area contributed by atoms with Crippen LogP contribution in [0.2, 0.25) is 5.02 Å². The lowest BCUT2D eigenvalue weighted by Crippen LogP contribution is -2.57. The zero-order chi connectivity index (χ0) is 18.8. The number of likely N-dealkylation sites (tertiary alicyclic amines) is 1. The van der Waals surface area contributed by atoms with Crippen LogP contribution in [0.4, 0.5) is 0 Å². The minimum atomic E-state index is -0.0944. The number of nitrogens with one attached hydrogen (secondary N) is 1. The topological polar surface area (TPSA) is 70.5 Å². The van der Waals surface area contributed by atoms with Gasteiger partial charge in [-0.05, 0) is 37.1 Å². The fraction of sp³-hybridized carbons (Fsp3) is 0.421. The SMILES string of the molecule is O=C(c1ccn(-c2cccc(Cl)c2)n1)N1CCCC(N2CCNCC2=O)C1. The van der Waals surface area contributed by atoms with Gasteiger partial charge in [-0.1, -0.05) is 17.7 Å². The number of amides is 2. The summed E-state index contributed by atoms with van der Waals surface area (Å²) < 4.78 is 1.65. The first kappa shape index (κ1) is 18.0. The van der Waals surface area contributed by atoms with Gasteiger partial charge in [0.25, 0.3) is 5.91 Å². The van der Waals surface area contributed by atoms with Gasteiger partial charge < -0.3 is 15.1 Å². The van der Waals surface area contributed by atoms with Crippen LogP contribution in [0.25, 0.3) is 5.69 Å². The lowest BCUT2D eigenvalue weighted by Gasteiger charge is -2.40. The largest absolute Gasteiger partial charge is 0.336 e. The highest BCUT2D eigenvalue weighted by atomic mass is 35.5. The number of nitrogens with zero attached hydrogens (tertiary/aromatic N) is 4. The lowest BCUT2D eigenvalue weighted by molar-refractivity contribution is -0.135. The fourth-order valence-corrected chi connectivity index (χ4v) is 3.95. The Labute approximate surface area is 162 Å². The molecule has 7 nitrogen and oxygen atoms in total. The average Bonchev–Trinajstić information content (AvgIpc) is 3.18. The van der Waals surface area contributed by atoms with Crippen molar-refractivity contribution in [1.29, 1.82) is 0 Å². The Morgan fingerprint density at radius 3 is 2.96 bits per heavy atom. The van der Waals surface area contributed by atoms with Gasteiger partial charge in [0.2, 0.25) is 5.91 Å². The van der Waals surface area contributed by atoms with Crippen molar-refractivity contribution in [2.45, 2.75) is 18.9 Å². The number of carbonyl (C=O) groups is 2. The van der Waals surface area contributed by atoms with Gasteiger partial charge >= 0.3 is 0 Å².